The second kappa shape index (κ2) is 5.10. The van der Waals surface area contributed by atoms with Gasteiger partial charge in [-0.05, 0) is 28.3 Å². The van der Waals surface area contributed by atoms with E-state index >= 15 is 0 Å². The van der Waals surface area contributed by atoms with Crippen molar-refractivity contribution < 1.29 is 4.80 Å². The molecule has 80 valence electrons. The maximum absolute atomic E-state index is 9.35. The monoisotopic (exact) mass is 226 g/mol. The Balaban J connectivity index is 2.44. The molecule has 0 aromatic heterocycles. The van der Waals surface area contributed by atoms with Gasteiger partial charge in [-0.3, -0.25) is 0 Å². The Morgan fingerprint density at radius 2 is 1.75 bits per heavy atom. The normalized spacial score (nSPS) is 10.4. The molecule has 0 aliphatic carbocycles. The number of hydrogen-bond donors (Lipinski definition) is 1. The molecule has 1 N–H and O–H groups in total. The number of hydrogen-bond acceptors (Lipinski definition) is 1. The first-order valence-corrected chi connectivity index (χ1v) is 6.38. The van der Waals surface area contributed by atoms with Gasteiger partial charge in [0.25, 0.3) is 9.76 Å². The van der Waals surface area contributed by atoms with Crippen LogP contribution in [-0.4, -0.2) is 14.6 Å². The van der Waals surface area contributed by atoms with E-state index in [1.54, 1.807) is 0 Å². The highest BCUT2D eigenvalue weighted by Gasteiger charge is 2.04. The maximum Gasteiger partial charge on any atom is 0.265 e. The van der Waals surface area contributed by atoms with Crippen molar-refractivity contribution in [2.24, 2.45) is 0 Å². The molecule has 2 aromatic rings. The van der Waals surface area contributed by atoms with Gasteiger partial charge in [0.05, 0.1) is 0 Å². The Hall–Kier alpha value is -1.38. The molecule has 0 unspecified atom stereocenters. The van der Waals surface area contributed by atoms with Crippen molar-refractivity contribution in [2.45, 2.75) is 13.3 Å². The summed E-state index contributed by atoms with van der Waals surface area (Å²) in [5, 5.41) is 1.06. The summed E-state index contributed by atoms with van der Waals surface area (Å²) in [7, 11) is -0.123. The van der Waals surface area contributed by atoms with Gasteiger partial charge in [-0.1, -0.05) is 55.5 Å². The van der Waals surface area contributed by atoms with Crippen molar-refractivity contribution in [3.05, 3.63) is 54.1 Å². The Bertz CT molecular complexity index is 465. The highest BCUT2D eigenvalue weighted by Crippen LogP contribution is 2.18. The number of benzene rings is 2. The van der Waals surface area contributed by atoms with Crippen LogP contribution in [0.4, 0.5) is 0 Å². The lowest BCUT2D eigenvalue weighted by molar-refractivity contribution is 0.615. The topological polar surface area (TPSA) is 20.2 Å². The Morgan fingerprint density at radius 3 is 2.38 bits per heavy atom. The first-order chi connectivity index (χ1) is 7.85. The van der Waals surface area contributed by atoms with Crippen LogP contribution in [0.2, 0.25) is 0 Å². The van der Waals surface area contributed by atoms with Gasteiger partial charge in [0.1, 0.15) is 0 Å². The summed E-state index contributed by atoms with van der Waals surface area (Å²) < 4.78 is 0. The SMILES string of the molecule is CCc1ccc(-c2ccccc2)cc1[Si]O. The molecule has 0 fully saturated rings. The Morgan fingerprint density at radius 1 is 1.00 bits per heavy atom. The summed E-state index contributed by atoms with van der Waals surface area (Å²) in [5.74, 6) is 0. The molecule has 0 atom stereocenters. The molecule has 2 radical (unpaired) electrons. The fraction of sp³-hybridized carbons (Fsp3) is 0.143. The fourth-order valence-electron chi connectivity index (χ4n) is 1.80. The van der Waals surface area contributed by atoms with Crippen LogP contribution in [0.5, 0.6) is 0 Å². The van der Waals surface area contributed by atoms with Gasteiger partial charge in [-0.2, -0.15) is 0 Å². The molecule has 0 bridgehead atoms. The van der Waals surface area contributed by atoms with Crippen LogP contribution in [0.1, 0.15) is 12.5 Å². The molecule has 0 amide bonds. The first kappa shape index (κ1) is 11.1. The summed E-state index contributed by atoms with van der Waals surface area (Å²) in [6.07, 6.45) is 0.970. The molecule has 0 aliphatic heterocycles. The molecule has 0 spiro atoms. The zero-order chi connectivity index (χ0) is 11.4. The van der Waals surface area contributed by atoms with E-state index in [9.17, 15) is 4.80 Å². The average molecular weight is 226 g/mol. The van der Waals surface area contributed by atoms with Crippen LogP contribution >= 0.6 is 0 Å². The zero-order valence-electron chi connectivity index (χ0n) is 9.27. The van der Waals surface area contributed by atoms with Gasteiger partial charge in [0.15, 0.2) is 0 Å². The molecule has 1 nitrogen and oxygen atoms in total. The second-order valence-electron chi connectivity index (χ2n) is 3.70. The zero-order valence-corrected chi connectivity index (χ0v) is 10.3. The highest BCUT2D eigenvalue weighted by molar-refractivity contribution is 6.46. The van der Waals surface area contributed by atoms with Crippen LogP contribution in [0, 0.1) is 0 Å². The lowest BCUT2D eigenvalue weighted by Crippen LogP contribution is -2.18. The molecule has 2 rings (SSSR count). The molecule has 2 aromatic carbocycles. The third kappa shape index (κ3) is 2.23. The molecule has 0 heterocycles. The lowest BCUT2D eigenvalue weighted by atomic mass is 10.0. The van der Waals surface area contributed by atoms with Crippen molar-refractivity contribution in [1.29, 1.82) is 0 Å². The van der Waals surface area contributed by atoms with Crippen LogP contribution in [0.3, 0.4) is 0 Å². The van der Waals surface area contributed by atoms with Gasteiger partial charge in [0.2, 0.25) is 0 Å². The quantitative estimate of drug-likeness (QED) is 0.795. The largest absolute Gasteiger partial charge is 0.428 e. The van der Waals surface area contributed by atoms with E-state index in [1.807, 2.05) is 18.2 Å². The molecular formula is C14H14OSi. The van der Waals surface area contributed by atoms with Crippen molar-refractivity contribution in [3.8, 4) is 11.1 Å². The molecule has 0 saturated carbocycles. The van der Waals surface area contributed by atoms with Gasteiger partial charge >= 0.3 is 0 Å². The third-order valence-corrected chi connectivity index (χ3v) is 3.42. The smallest absolute Gasteiger partial charge is 0.265 e. The van der Waals surface area contributed by atoms with Crippen molar-refractivity contribution in [1.82, 2.24) is 0 Å². The minimum atomic E-state index is -0.123. The van der Waals surface area contributed by atoms with Crippen molar-refractivity contribution in [2.75, 3.05) is 0 Å². The van der Waals surface area contributed by atoms with Gasteiger partial charge in [-0.25, -0.2) is 0 Å². The van der Waals surface area contributed by atoms with Crippen LogP contribution in [-0.2, 0) is 6.42 Å². The minimum Gasteiger partial charge on any atom is -0.428 e. The molecule has 2 heteroatoms. The van der Waals surface area contributed by atoms with Crippen LogP contribution in [0.25, 0.3) is 11.1 Å². The minimum absolute atomic E-state index is 0.123. The summed E-state index contributed by atoms with van der Waals surface area (Å²) in [5.41, 5.74) is 3.61. The van der Waals surface area contributed by atoms with Crippen molar-refractivity contribution in [3.63, 3.8) is 0 Å². The molecular weight excluding hydrogens is 212 g/mol. The molecule has 0 aliphatic rings. The van der Waals surface area contributed by atoms with E-state index in [2.05, 4.69) is 37.3 Å². The predicted molar refractivity (Wildman–Crippen MR) is 68.9 cm³/mol. The fourth-order valence-corrected chi connectivity index (χ4v) is 2.42. The third-order valence-electron chi connectivity index (χ3n) is 2.72. The predicted octanol–water partition coefficient (Wildman–Crippen LogP) is 2.15. The van der Waals surface area contributed by atoms with E-state index in [0.29, 0.717) is 0 Å². The Labute approximate surface area is 98.7 Å². The number of aryl methyl sites for hydroxylation is 1. The second-order valence-corrected chi connectivity index (χ2v) is 4.47. The molecule has 16 heavy (non-hydrogen) atoms. The summed E-state index contributed by atoms with van der Waals surface area (Å²) >= 11 is 0. The summed E-state index contributed by atoms with van der Waals surface area (Å²) in [4.78, 5) is 9.35. The highest BCUT2D eigenvalue weighted by atomic mass is 28.2. The van der Waals surface area contributed by atoms with Crippen LogP contribution < -0.4 is 5.19 Å². The Kier molecular flexibility index (Phi) is 3.54. The molecule has 0 saturated heterocycles. The van der Waals surface area contributed by atoms with E-state index in [4.69, 9.17) is 0 Å². The average Bonchev–Trinajstić information content (AvgIpc) is 2.39. The lowest BCUT2D eigenvalue weighted by Gasteiger charge is -2.07. The first-order valence-electron chi connectivity index (χ1n) is 5.43. The van der Waals surface area contributed by atoms with E-state index < -0.39 is 0 Å². The maximum atomic E-state index is 9.35. The van der Waals surface area contributed by atoms with Gasteiger partial charge < -0.3 is 4.80 Å². The number of rotatable bonds is 3. The standard InChI is InChI=1S/C14H14OSi/c1-2-11-8-9-13(10-14(11)16-15)12-6-4-3-5-7-12/h3-10,15H,2H2,1H3. The van der Waals surface area contributed by atoms with E-state index in [-0.39, 0.29) is 9.76 Å². The summed E-state index contributed by atoms with van der Waals surface area (Å²) in [6, 6.07) is 16.6. The van der Waals surface area contributed by atoms with Gasteiger partial charge in [-0.15, -0.1) is 0 Å². The van der Waals surface area contributed by atoms with E-state index in [1.165, 1.54) is 16.7 Å². The summed E-state index contributed by atoms with van der Waals surface area (Å²) in [6.45, 7) is 2.11. The van der Waals surface area contributed by atoms with Crippen LogP contribution in [0.15, 0.2) is 48.5 Å². The van der Waals surface area contributed by atoms with Crippen molar-refractivity contribution >= 4 is 14.9 Å². The van der Waals surface area contributed by atoms with Gasteiger partial charge in [0, 0.05) is 0 Å². The van der Waals surface area contributed by atoms with E-state index in [0.717, 1.165) is 11.6 Å².